The van der Waals surface area contributed by atoms with E-state index in [0.29, 0.717) is 0 Å². The molecule has 0 radical (unpaired) electrons. The smallest absolute Gasteiger partial charge is 0.0434 e. The second-order valence-corrected chi connectivity index (χ2v) is 3.09. The van der Waals surface area contributed by atoms with Crippen LogP contribution in [0.25, 0.3) is 0 Å². The molecular formula is C12H21N. The highest BCUT2D eigenvalue weighted by Gasteiger charge is 2.14. The molecular weight excluding hydrogens is 158 g/mol. The molecule has 0 spiro atoms. The van der Waals surface area contributed by atoms with E-state index in [1.807, 2.05) is 13.8 Å². The van der Waals surface area contributed by atoms with Gasteiger partial charge in [-0.05, 0) is 38.7 Å². The number of rotatable bonds is 1. The first-order valence-electron chi connectivity index (χ1n) is 5.10. The minimum absolute atomic E-state index is 1.13. The number of hydrogen-bond donors (Lipinski definition) is 0. The Morgan fingerprint density at radius 1 is 1.31 bits per heavy atom. The zero-order valence-corrected chi connectivity index (χ0v) is 9.35. The molecule has 0 bridgehead atoms. The molecule has 0 aromatic rings. The summed E-state index contributed by atoms with van der Waals surface area (Å²) < 4.78 is 0. The lowest BCUT2D eigenvalue weighted by atomic mass is 10.1. The monoisotopic (exact) mass is 179 g/mol. The summed E-state index contributed by atoms with van der Waals surface area (Å²) in [5.74, 6) is 0. The third-order valence-corrected chi connectivity index (χ3v) is 2.04. The van der Waals surface area contributed by atoms with Crippen molar-refractivity contribution in [3.63, 3.8) is 0 Å². The van der Waals surface area contributed by atoms with E-state index in [1.165, 1.54) is 29.7 Å². The fourth-order valence-corrected chi connectivity index (χ4v) is 1.52. The van der Waals surface area contributed by atoms with Crippen LogP contribution in [0.3, 0.4) is 0 Å². The van der Waals surface area contributed by atoms with Crippen LogP contribution in [-0.4, -0.2) is 5.71 Å². The molecule has 1 heteroatoms. The summed E-state index contributed by atoms with van der Waals surface area (Å²) in [5.41, 5.74) is 4.10. The maximum Gasteiger partial charge on any atom is 0.0434 e. The third-order valence-electron chi connectivity index (χ3n) is 2.04. The first-order chi connectivity index (χ1) is 6.25. The summed E-state index contributed by atoms with van der Waals surface area (Å²) in [4.78, 5) is 4.25. The molecule has 1 aliphatic carbocycles. The van der Waals surface area contributed by atoms with Crippen LogP contribution < -0.4 is 0 Å². The molecule has 0 N–H and O–H groups in total. The Morgan fingerprint density at radius 2 is 1.92 bits per heavy atom. The van der Waals surface area contributed by atoms with E-state index in [-0.39, 0.29) is 0 Å². The van der Waals surface area contributed by atoms with Gasteiger partial charge < -0.3 is 0 Å². The van der Waals surface area contributed by atoms with Gasteiger partial charge in [-0.1, -0.05) is 26.0 Å². The van der Waals surface area contributed by atoms with E-state index in [0.717, 1.165) is 6.42 Å². The molecule has 0 unspecified atom stereocenters. The molecule has 13 heavy (non-hydrogen) atoms. The highest BCUT2D eigenvalue weighted by Crippen LogP contribution is 2.24. The van der Waals surface area contributed by atoms with E-state index >= 15 is 0 Å². The first-order valence-corrected chi connectivity index (χ1v) is 5.10. The van der Waals surface area contributed by atoms with E-state index in [2.05, 4.69) is 25.4 Å². The molecule has 0 atom stereocenters. The number of nitrogens with zero attached hydrogens (tertiary/aromatic N) is 1. The van der Waals surface area contributed by atoms with Crippen molar-refractivity contribution in [3.05, 3.63) is 23.9 Å². The van der Waals surface area contributed by atoms with Crippen LogP contribution in [0.15, 0.2) is 28.9 Å². The summed E-state index contributed by atoms with van der Waals surface area (Å²) in [6.07, 6.45) is 5.23. The second kappa shape index (κ2) is 6.64. The third kappa shape index (κ3) is 3.58. The van der Waals surface area contributed by atoms with Crippen molar-refractivity contribution >= 4 is 5.71 Å². The van der Waals surface area contributed by atoms with E-state index in [9.17, 15) is 0 Å². The molecule has 0 saturated heterocycles. The van der Waals surface area contributed by atoms with E-state index in [1.54, 1.807) is 6.20 Å². The lowest BCUT2D eigenvalue weighted by Crippen LogP contribution is -1.94. The number of allylic oxidation sites excluding steroid dienone is 2. The maximum absolute atomic E-state index is 4.25. The molecule has 1 aliphatic rings. The average molecular weight is 179 g/mol. The van der Waals surface area contributed by atoms with Crippen LogP contribution in [0.2, 0.25) is 0 Å². The van der Waals surface area contributed by atoms with Crippen LogP contribution in [0, 0.1) is 0 Å². The zero-order chi connectivity index (χ0) is 10.3. The fourth-order valence-electron chi connectivity index (χ4n) is 1.52. The van der Waals surface area contributed by atoms with Crippen molar-refractivity contribution in [1.82, 2.24) is 0 Å². The van der Waals surface area contributed by atoms with Crippen LogP contribution in [0.4, 0.5) is 0 Å². The molecule has 0 amide bonds. The minimum Gasteiger partial charge on any atom is -0.262 e. The van der Waals surface area contributed by atoms with Gasteiger partial charge in [0.1, 0.15) is 0 Å². The Bertz CT molecular complexity index is 217. The van der Waals surface area contributed by atoms with Gasteiger partial charge in [0.05, 0.1) is 0 Å². The van der Waals surface area contributed by atoms with Gasteiger partial charge in [-0.2, -0.15) is 0 Å². The van der Waals surface area contributed by atoms with Crippen LogP contribution in [0.1, 0.15) is 47.0 Å². The molecule has 1 rings (SSSR count). The van der Waals surface area contributed by atoms with Crippen molar-refractivity contribution in [2.45, 2.75) is 47.0 Å². The highest BCUT2D eigenvalue weighted by atomic mass is 14.7. The predicted octanol–water partition coefficient (Wildman–Crippen LogP) is 4.12. The molecule has 0 aliphatic heterocycles. The molecule has 0 aromatic heterocycles. The lowest BCUT2D eigenvalue weighted by molar-refractivity contribution is 0.939. The molecule has 1 saturated carbocycles. The van der Waals surface area contributed by atoms with E-state index in [4.69, 9.17) is 0 Å². The van der Waals surface area contributed by atoms with Crippen LogP contribution in [-0.2, 0) is 0 Å². The van der Waals surface area contributed by atoms with Crippen molar-refractivity contribution in [2.24, 2.45) is 4.99 Å². The SMILES string of the molecule is C=CN=C1CCCC1=C(C)C.CC. The molecule has 0 heterocycles. The Morgan fingerprint density at radius 3 is 2.38 bits per heavy atom. The molecule has 74 valence electrons. The van der Waals surface area contributed by atoms with Gasteiger partial charge in [-0.25, -0.2) is 0 Å². The minimum atomic E-state index is 1.13. The van der Waals surface area contributed by atoms with Gasteiger partial charge in [0, 0.05) is 11.9 Å². The Kier molecular flexibility index (Phi) is 6.21. The average Bonchev–Trinajstić information content (AvgIpc) is 2.57. The van der Waals surface area contributed by atoms with Gasteiger partial charge in [0.15, 0.2) is 0 Å². The highest BCUT2D eigenvalue weighted by molar-refractivity contribution is 6.02. The Balaban J connectivity index is 0.000000671. The Hall–Kier alpha value is -0.850. The predicted molar refractivity (Wildman–Crippen MR) is 61.2 cm³/mol. The van der Waals surface area contributed by atoms with Crippen molar-refractivity contribution in [3.8, 4) is 0 Å². The summed E-state index contributed by atoms with van der Waals surface area (Å²) in [7, 11) is 0. The Labute approximate surface area is 82.3 Å². The normalized spacial score (nSPS) is 18.2. The summed E-state index contributed by atoms with van der Waals surface area (Å²) in [5, 5.41) is 0. The number of aliphatic imine (C=N–C) groups is 1. The van der Waals surface area contributed by atoms with Gasteiger partial charge in [-0.15, -0.1) is 0 Å². The topological polar surface area (TPSA) is 12.4 Å². The summed E-state index contributed by atoms with van der Waals surface area (Å²) in [6, 6.07) is 0. The van der Waals surface area contributed by atoms with Crippen molar-refractivity contribution < 1.29 is 0 Å². The van der Waals surface area contributed by atoms with Crippen molar-refractivity contribution in [2.75, 3.05) is 0 Å². The quantitative estimate of drug-likeness (QED) is 0.574. The van der Waals surface area contributed by atoms with Gasteiger partial charge in [0.25, 0.3) is 0 Å². The summed E-state index contributed by atoms with van der Waals surface area (Å²) in [6.45, 7) is 11.9. The lowest BCUT2D eigenvalue weighted by Gasteiger charge is -2.00. The van der Waals surface area contributed by atoms with Crippen LogP contribution >= 0.6 is 0 Å². The standard InChI is InChI=1S/C10H15N.C2H6/c1-4-11-10-7-5-6-9(10)8(2)3;1-2/h4H,1,5-7H2,2-3H3;1-2H3. The molecule has 1 fully saturated rings. The fraction of sp³-hybridized carbons (Fsp3) is 0.583. The maximum atomic E-state index is 4.25. The van der Waals surface area contributed by atoms with E-state index < -0.39 is 0 Å². The summed E-state index contributed by atoms with van der Waals surface area (Å²) >= 11 is 0. The van der Waals surface area contributed by atoms with Crippen molar-refractivity contribution in [1.29, 1.82) is 0 Å². The second-order valence-electron chi connectivity index (χ2n) is 3.09. The van der Waals surface area contributed by atoms with Gasteiger partial charge in [0.2, 0.25) is 0 Å². The first kappa shape index (κ1) is 12.2. The number of hydrogen-bond acceptors (Lipinski definition) is 1. The zero-order valence-electron chi connectivity index (χ0n) is 9.35. The largest absolute Gasteiger partial charge is 0.262 e. The van der Waals surface area contributed by atoms with Gasteiger partial charge >= 0.3 is 0 Å². The van der Waals surface area contributed by atoms with Gasteiger partial charge in [-0.3, -0.25) is 4.99 Å². The molecule has 1 nitrogen and oxygen atoms in total. The van der Waals surface area contributed by atoms with Crippen LogP contribution in [0.5, 0.6) is 0 Å². The molecule has 0 aromatic carbocycles.